The van der Waals surface area contributed by atoms with Crippen molar-refractivity contribution < 1.29 is 0 Å². The van der Waals surface area contributed by atoms with Crippen LogP contribution >= 0.6 is 0 Å². The quantitative estimate of drug-likeness (QED) is 0.356. The maximum absolute atomic E-state index is 2.39. The lowest BCUT2D eigenvalue weighted by molar-refractivity contribution is 0.648. The van der Waals surface area contributed by atoms with Crippen LogP contribution in [-0.4, -0.2) is 0 Å². The Morgan fingerprint density at radius 3 is 1.08 bits per heavy atom. The first-order chi connectivity index (χ1) is 11.5. The van der Waals surface area contributed by atoms with E-state index in [1.54, 1.807) is 0 Å². The van der Waals surface area contributed by atoms with Gasteiger partial charge in [0.2, 0.25) is 0 Å². The van der Waals surface area contributed by atoms with Gasteiger partial charge in [-0.2, -0.15) is 0 Å². The molecule has 0 spiro atoms. The van der Waals surface area contributed by atoms with Gasteiger partial charge in [-0.1, -0.05) is 76.2 Å². The van der Waals surface area contributed by atoms with Crippen LogP contribution in [0.4, 0.5) is 0 Å². The van der Waals surface area contributed by atoms with Gasteiger partial charge in [-0.3, -0.25) is 0 Å². The molecule has 0 atom stereocenters. The van der Waals surface area contributed by atoms with Crippen molar-refractivity contribution in [3.63, 3.8) is 0 Å². The summed E-state index contributed by atoms with van der Waals surface area (Å²) in [6.45, 7) is 9.17. The highest BCUT2D eigenvalue weighted by atomic mass is 14.2. The van der Waals surface area contributed by atoms with Gasteiger partial charge < -0.3 is 0 Å². The van der Waals surface area contributed by atoms with Crippen LogP contribution in [0, 0.1) is 11.8 Å². The standard InChI is InChI=1S/C24H26/c1-15(2)9-17-11-19-5-7-21-13-18(10-16(3)4)14-22-8-6-20(12-17)23(19)24(21)22/h5-8,11-16H,9-10H2,1-4H3. The van der Waals surface area contributed by atoms with Crippen LogP contribution in [-0.2, 0) is 12.8 Å². The molecule has 0 fully saturated rings. The Kier molecular flexibility index (Phi) is 3.72. The third-order valence-corrected chi connectivity index (χ3v) is 4.94. The fourth-order valence-electron chi connectivity index (χ4n) is 4.15. The van der Waals surface area contributed by atoms with E-state index >= 15 is 0 Å². The topological polar surface area (TPSA) is 0 Å². The summed E-state index contributed by atoms with van der Waals surface area (Å²) in [5.74, 6) is 1.38. The highest BCUT2D eigenvalue weighted by molar-refractivity contribution is 6.23. The van der Waals surface area contributed by atoms with E-state index in [0.717, 1.165) is 12.8 Å². The van der Waals surface area contributed by atoms with Gasteiger partial charge in [0.25, 0.3) is 0 Å². The van der Waals surface area contributed by atoms with Crippen LogP contribution in [0.15, 0.2) is 48.5 Å². The Morgan fingerprint density at radius 2 is 0.833 bits per heavy atom. The zero-order valence-electron chi connectivity index (χ0n) is 15.2. The van der Waals surface area contributed by atoms with Gasteiger partial charge in [0.05, 0.1) is 0 Å². The molecule has 4 aromatic carbocycles. The molecule has 0 nitrogen and oxygen atoms in total. The highest BCUT2D eigenvalue weighted by Crippen LogP contribution is 2.36. The lowest BCUT2D eigenvalue weighted by Crippen LogP contribution is -1.96. The Hall–Kier alpha value is -2.08. The fourth-order valence-corrected chi connectivity index (χ4v) is 4.15. The molecular weight excluding hydrogens is 288 g/mol. The Labute approximate surface area is 144 Å². The largest absolute Gasteiger partial charge is 0.0625 e. The first-order valence-electron chi connectivity index (χ1n) is 9.21. The summed E-state index contributed by atoms with van der Waals surface area (Å²) < 4.78 is 0. The molecule has 122 valence electrons. The lowest BCUT2D eigenvalue weighted by atomic mass is 9.89. The minimum Gasteiger partial charge on any atom is -0.0625 e. The number of hydrogen-bond donors (Lipinski definition) is 0. The van der Waals surface area contributed by atoms with E-state index in [4.69, 9.17) is 0 Å². The monoisotopic (exact) mass is 314 g/mol. The average Bonchev–Trinajstić information content (AvgIpc) is 2.50. The van der Waals surface area contributed by atoms with Crippen molar-refractivity contribution in [2.75, 3.05) is 0 Å². The molecular formula is C24H26. The molecule has 0 bridgehead atoms. The minimum absolute atomic E-state index is 0.692. The normalized spacial score (nSPS) is 12.4. The summed E-state index contributed by atoms with van der Waals surface area (Å²) in [6, 6.07) is 18.8. The molecule has 0 unspecified atom stereocenters. The molecule has 0 radical (unpaired) electrons. The van der Waals surface area contributed by atoms with Crippen molar-refractivity contribution in [1.29, 1.82) is 0 Å². The van der Waals surface area contributed by atoms with E-state index < -0.39 is 0 Å². The van der Waals surface area contributed by atoms with Crippen LogP contribution in [0.25, 0.3) is 32.3 Å². The first kappa shape index (κ1) is 15.4. The average molecular weight is 314 g/mol. The molecule has 0 aliphatic carbocycles. The molecule has 0 heterocycles. The van der Waals surface area contributed by atoms with Crippen molar-refractivity contribution in [2.24, 2.45) is 11.8 Å². The predicted molar refractivity (Wildman–Crippen MR) is 107 cm³/mol. The second-order valence-corrected chi connectivity index (χ2v) is 8.16. The maximum atomic E-state index is 2.39. The van der Waals surface area contributed by atoms with Gasteiger partial charge in [0.15, 0.2) is 0 Å². The Balaban J connectivity index is 1.98. The molecule has 0 heteroatoms. The lowest BCUT2D eigenvalue weighted by Gasteiger charge is -2.15. The summed E-state index contributed by atoms with van der Waals surface area (Å²) in [4.78, 5) is 0. The molecule has 0 aromatic heterocycles. The molecule has 0 amide bonds. The van der Waals surface area contributed by atoms with E-state index in [9.17, 15) is 0 Å². The minimum atomic E-state index is 0.692. The summed E-state index contributed by atoms with van der Waals surface area (Å²) in [5, 5.41) is 8.42. The third kappa shape index (κ3) is 2.65. The van der Waals surface area contributed by atoms with E-state index in [1.165, 1.54) is 43.4 Å². The van der Waals surface area contributed by atoms with Gasteiger partial charge in [-0.15, -0.1) is 0 Å². The number of rotatable bonds is 4. The van der Waals surface area contributed by atoms with Crippen molar-refractivity contribution in [1.82, 2.24) is 0 Å². The SMILES string of the molecule is CC(C)Cc1cc2ccc3cc(CC(C)C)cc4ccc(c1)c2c34. The summed E-state index contributed by atoms with van der Waals surface area (Å²) >= 11 is 0. The predicted octanol–water partition coefficient (Wildman–Crippen LogP) is 6.98. The van der Waals surface area contributed by atoms with Crippen LogP contribution in [0.5, 0.6) is 0 Å². The Bertz CT molecular complexity index is 855. The molecule has 0 saturated heterocycles. The smallest absolute Gasteiger partial charge is 0.00266 e. The molecule has 0 aliphatic heterocycles. The Morgan fingerprint density at radius 1 is 0.542 bits per heavy atom. The van der Waals surface area contributed by atoms with Crippen LogP contribution < -0.4 is 0 Å². The van der Waals surface area contributed by atoms with Crippen molar-refractivity contribution in [3.05, 3.63) is 59.7 Å². The van der Waals surface area contributed by atoms with Gasteiger partial charge in [0, 0.05) is 0 Å². The number of benzene rings is 4. The second kappa shape index (κ2) is 5.77. The zero-order chi connectivity index (χ0) is 16.8. The maximum Gasteiger partial charge on any atom is -0.00266 e. The van der Waals surface area contributed by atoms with E-state index in [2.05, 4.69) is 76.2 Å². The van der Waals surface area contributed by atoms with Crippen LogP contribution in [0.1, 0.15) is 38.8 Å². The molecule has 4 rings (SSSR count). The van der Waals surface area contributed by atoms with E-state index in [0.29, 0.717) is 11.8 Å². The van der Waals surface area contributed by atoms with Gasteiger partial charge >= 0.3 is 0 Å². The van der Waals surface area contributed by atoms with Crippen molar-refractivity contribution >= 4 is 32.3 Å². The summed E-state index contributed by atoms with van der Waals surface area (Å²) in [7, 11) is 0. The molecule has 4 aromatic rings. The van der Waals surface area contributed by atoms with Gasteiger partial charge in [-0.25, -0.2) is 0 Å². The van der Waals surface area contributed by atoms with E-state index in [1.807, 2.05) is 0 Å². The van der Waals surface area contributed by atoms with Crippen LogP contribution in [0.2, 0.25) is 0 Å². The summed E-state index contributed by atoms with van der Waals surface area (Å²) in [5.41, 5.74) is 2.91. The molecule has 0 saturated carbocycles. The highest BCUT2D eigenvalue weighted by Gasteiger charge is 2.11. The van der Waals surface area contributed by atoms with Crippen LogP contribution in [0.3, 0.4) is 0 Å². The van der Waals surface area contributed by atoms with E-state index in [-0.39, 0.29) is 0 Å². The number of hydrogen-bond acceptors (Lipinski definition) is 0. The molecule has 24 heavy (non-hydrogen) atoms. The molecule has 0 N–H and O–H groups in total. The first-order valence-corrected chi connectivity index (χ1v) is 9.21. The van der Waals surface area contributed by atoms with Crippen molar-refractivity contribution in [3.8, 4) is 0 Å². The summed E-state index contributed by atoms with van der Waals surface area (Å²) in [6.07, 6.45) is 2.30. The third-order valence-electron chi connectivity index (χ3n) is 4.94. The fraction of sp³-hybridized carbons (Fsp3) is 0.333. The molecule has 0 aliphatic rings. The zero-order valence-corrected chi connectivity index (χ0v) is 15.2. The second-order valence-electron chi connectivity index (χ2n) is 8.16. The van der Waals surface area contributed by atoms with Gasteiger partial charge in [-0.05, 0) is 68.1 Å². The van der Waals surface area contributed by atoms with Crippen molar-refractivity contribution in [2.45, 2.75) is 40.5 Å². The van der Waals surface area contributed by atoms with Gasteiger partial charge in [0.1, 0.15) is 0 Å².